The van der Waals surface area contributed by atoms with E-state index in [0.29, 0.717) is 5.41 Å². The van der Waals surface area contributed by atoms with Crippen molar-refractivity contribution in [2.45, 2.75) is 38.4 Å². The van der Waals surface area contributed by atoms with Crippen molar-refractivity contribution in [3.05, 3.63) is 65.7 Å². The molecule has 1 N–H and O–H groups in total. The largest absolute Gasteiger partial charge is 0.496 e. The maximum atomic E-state index is 12.7. The van der Waals surface area contributed by atoms with E-state index in [1.807, 2.05) is 47.4 Å². The van der Waals surface area contributed by atoms with Crippen LogP contribution in [0.5, 0.6) is 5.75 Å². The Morgan fingerprint density at radius 1 is 0.914 bits per heavy atom. The molecule has 0 aromatic heterocycles. The molecule has 0 unspecified atom stereocenters. The molecule has 0 bridgehead atoms. The van der Waals surface area contributed by atoms with Crippen LogP contribution in [0.4, 0.5) is 13.2 Å². The third-order valence-electron chi connectivity index (χ3n) is 6.88. The van der Waals surface area contributed by atoms with Crippen molar-refractivity contribution in [3.8, 4) is 5.75 Å². The topological polar surface area (TPSA) is 70.1 Å². The summed E-state index contributed by atoms with van der Waals surface area (Å²) in [7, 11) is 1.74. The van der Waals surface area contributed by atoms with Crippen LogP contribution in [0.15, 0.2) is 54.6 Å². The van der Waals surface area contributed by atoms with Gasteiger partial charge in [0.2, 0.25) is 0 Å². The molecule has 2 saturated heterocycles. The van der Waals surface area contributed by atoms with Crippen LogP contribution in [-0.4, -0.2) is 66.2 Å². The summed E-state index contributed by atoms with van der Waals surface area (Å²) in [6.07, 6.45) is -0.354. The predicted octanol–water partition coefficient (Wildman–Crippen LogP) is 4.85. The number of aliphatic carboxylic acids is 1. The number of rotatable bonds is 4. The average molecular weight is 493 g/mol. The zero-order valence-corrected chi connectivity index (χ0v) is 19.8. The van der Waals surface area contributed by atoms with E-state index in [1.165, 1.54) is 18.4 Å². The van der Waals surface area contributed by atoms with Crippen LogP contribution in [0.2, 0.25) is 0 Å². The van der Waals surface area contributed by atoms with Crippen LogP contribution < -0.4 is 4.74 Å². The molecular weight excluding hydrogens is 461 g/mol. The number of para-hydroxylation sites is 1. The number of hydrogen-bond donors (Lipinski definition) is 1. The number of likely N-dealkylation sites (tertiary alicyclic amines) is 2. The Bertz CT molecular complexity index is 980. The molecule has 2 fully saturated rings. The third-order valence-corrected chi connectivity index (χ3v) is 6.88. The molecule has 0 radical (unpaired) electrons. The number of carboxylic acids is 1. The van der Waals surface area contributed by atoms with Crippen molar-refractivity contribution < 1.29 is 32.6 Å². The lowest BCUT2D eigenvalue weighted by molar-refractivity contribution is -0.192. The summed E-state index contributed by atoms with van der Waals surface area (Å²) in [5.74, 6) is -1.59. The number of amides is 1. The van der Waals surface area contributed by atoms with Crippen LogP contribution in [0, 0.1) is 5.41 Å². The van der Waals surface area contributed by atoms with Gasteiger partial charge in [-0.2, -0.15) is 13.2 Å². The Hall–Kier alpha value is -3.07. The van der Waals surface area contributed by atoms with Gasteiger partial charge in [0.25, 0.3) is 5.91 Å². The van der Waals surface area contributed by atoms with Gasteiger partial charge in [-0.1, -0.05) is 36.4 Å². The Morgan fingerprint density at radius 2 is 1.43 bits per heavy atom. The minimum atomic E-state index is -5.08. The second kappa shape index (κ2) is 11.6. The summed E-state index contributed by atoms with van der Waals surface area (Å²) >= 11 is 0. The van der Waals surface area contributed by atoms with E-state index in [2.05, 4.69) is 17.0 Å². The van der Waals surface area contributed by atoms with Gasteiger partial charge in [0.15, 0.2) is 0 Å². The van der Waals surface area contributed by atoms with Crippen LogP contribution >= 0.6 is 0 Å². The lowest BCUT2D eigenvalue weighted by atomic mass is 9.71. The van der Waals surface area contributed by atoms with Crippen molar-refractivity contribution >= 4 is 11.9 Å². The summed E-state index contributed by atoms with van der Waals surface area (Å²) in [6, 6.07) is 18.0. The van der Waals surface area contributed by atoms with Crippen molar-refractivity contribution in [1.82, 2.24) is 9.80 Å². The fourth-order valence-corrected chi connectivity index (χ4v) is 4.71. The molecule has 0 aliphatic carbocycles. The van der Waals surface area contributed by atoms with Crippen molar-refractivity contribution in [3.63, 3.8) is 0 Å². The molecule has 6 nitrogen and oxygen atoms in total. The van der Waals surface area contributed by atoms with Gasteiger partial charge in [0, 0.05) is 30.8 Å². The van der Waals surface area contributed by atoms with Crippen LogP contribution in [0.3, 0.4) is 0 Å². The van der Waals surface area contributed by atoms with Gasteiger partial charge in [-0.05, 0) is 62.4 Å². The zero-order valence-electron chi connectivity index (χ0n) is 19.8. The third kappa shape index (κ3) is 7.21. The second-order valence-corrected chi connectivity index (χ2v) is 9.05. The first-order chi connectivity index (χ1) is 16.6. The number of hydrogen-bond acceptors (Lipinski definition) is 4. The van der Waals surface area contributed by atoms with Gasteiger partial charge in [-0.25, -0.2) is 4.79 Å². The highest BCUT2D eigenvalue weighted by molar-refractivity contribution is 5.94. The van der Waals surface area contributed by atoms with Gasteiger partial charge >= 0.3 is 12.1 Å². The summed E-state index contributed by atoms with van der Waals surface area (Å²) in [4.78, 5) is 26.2. The first-order valence-corrected chi connectivity index (χ1v) is 11.6. The molecule has 190 valence electrons. The van der Waals surface area contributed by atoms with Crippen LogP contribution in [0.25, 0.3) is 0 Å². The Kier molecular flexibility index (Phi) is 8.77. The highest BCUT2D eigenvalue weighted by Gasteiger charge is 2.39. The van der Waals surface area contributed by atoms with Crippen molar-refractivity contribution in [2.24, 2.45) is 5.41 Å². The van der Waals surface area contributed by atoms with Gasteiger partial charge in [-0.3, -0.25) is 9.69 Å². The van der Waals surface area contributed by atoms with E-state index in [1.54, 1.807) is 7.11 Å². The van der Waals surface area contributed by atoms with E-state index in [0.717, 1.165) is 56.9 Å². The Morgan fingerprint density at radius 3 is 1.97 bits per heavy atom. The predicted molar refractivity (Wildman–Crippen MR) is 125 cm³/mol. The fourth-order valence-electron chi connectivity index (χ4n) is 4.71. The average Bonchev–Trinajstić information content (AvgIpc) is 2.86. The highest BCUT2D eigenvalue weighted by atomic mass is 19.4. The van der Waals surface area contributed by atoms with Crippen molar-refractivity contribution in [1.29, 1.82) is 0 Å². The Balaban J connectivity index is 0.000000429. The molecular formula is C26H31F3N2O4. The molecule has 1 spiro atoms. The monoisotopic (exact) mass is 492 g/mol. The molecule has 2 heterocycles. The number of alkyl halides is 3. The van der Waals surface area contributed by atoms with Gasteiger partial charge in [-0.15, -0.1) is 0 Å². The van der Waals surface area contributed by atoms with Gasteiger partial charge in [0.1, 0.15) is 5.75 Å². The lowest BCUT2D eigenvalue weighted by Gasteiger charge is -2.47. The number of methoxy groups -OCH3 is 1. The zero-order chi connectivity index (χ0) is 25.5. The first kappa shape index (κ1) is 26.5. The number of ether oxygens (including phenoxy) is 1. The van der Waals surface area contributed by atoms with E-state index < -0.39 is 12.1 Å². The molecule has 35 heavy (non-hydrogen) atoms. The minimum Gasteiger partial charge on any atom is -0.496 e. The summed E-state index contributed by atoms with van der Waals surface area (Å²) in [6.45, 7) is 4.99. The summed E-state index contributed by atoms with van der Waals surface area (Å²) in [5, 5.41) is 7.12. The minimum absolute atomic E-state index is 0.184. The SMILES string of the molecule is COc1ccccc1CN1CCC2(CC1)CCN(C(=O)c1ccccc1)CC2.O=C(O)C(F)(F)F. The molecule has 2 aliphatic heterocycles. The van der Waals surface area contributed by atoms with E-state index in [9.17, 15) is 18.0 Å². The first-order valence-electron chi connectivity index (χ1n) is 11.6. The number of carbonyl (C=O) groups is 2. The number of benzene rings is 2. The van der Waals surface area contributed by atoms with E-state index in [4.69, 9.17) is 14.6 Å². The van der Waals surface area contributed by atoms with Crippen molar-refractivity contribution in [2.75, 3.05) is 33.3 Å². The normalized spacial score (nSPS) is 17.9. The molecule has 4 rings (SSSR count). The molecule has 9 heteroatoms. The molecule has 0 saturated carbocycles. The maximum Gasteiger partial charge on any atom is 0.490 e. The summed E-state index contributed by atoms with van der Waals surface area (Å²) < 4.78 is 37.2. The molecule has 2 aromatic rings. The number of piperidine rings is 2. The maximum absolute atomic E-state index is 12.7. The van der Waals surface area contributed by atoms with E-state index in [-0.39, 0.29) is 5.91 Å². The lowest BCUT2D eigenvalue weighted by Crippen LogP contribution is -2.48. The van der Waals surface area contributed by atoms with Gasteiger partial charge in [0.05, 0.1) is 7.11 Å². The van der Waals surface area contributed by atoms with Gasteiger partial charge < -0.3 is 14.7 Å². The second-order valence-electron chi connectivity index (χ2n) is 9.05. The fraction of sp³-hybridized carbons (Fsp3) is 0.462. The van der Waals surface area contributed by atoms with Crippen LogP contribution in [0.1, 0.15) is 41.6 Å². The number of halogens is 3. The molecule has 0 atom stereocenters. The Labute approximate surface area is 203 Å². The van der Waals surface area contributed by atoms with Crippen LogP contribution in [-0.2, 0) is 11.3 Å². The molecule has 2 aliphatic rings. The standard InChI is InChI=1S/C24H30N2O2.C2HF3O2/c1-28-22-10-6-5-9-21(22)19-25-15-11-24(12-16-25)13-17-26(18-14-24)23(27)20-7-3-2-4-8-20;3-2(4,5)1(6)7/h2-10H,11-19H2,1H3;(H,6,7). The smallest absolute Gasteiger partial charge is 0.490 e. The summed E-state index contributed by atoms with van der Waals surface area (Å²) in [5.41, 5.74) is 2.50. The number of carbonyl (C=O) groups excluding carboxylic acids is 1. The van der Waals surface area contributed by atoms with E-state index >= 15 is 0 Å². The quantitative estimate of drug-likeness (QED) is 0.661. The molecule has 1 amide bonds. The highest BCUT2D eigenvalue weighted by Crippen LogP contribution is 2.42. The number of carboxylic acid groups (broad SMARTS) is 1. The molecule has 2 aromatic carbocycles. The number of nitrogens with zero attached hydrogens (tertiary/aromatic N) is 2.